The number of nitrogens with one attached hydrogen (secondary N) is 1. The van der Waals surface area contributed by atoms with Gasteiger partial charge in [-0.05, 0) is 59.7 Å². The van der Waals surface area contributed by atoms with Gasteiger partial charge in [-0.2, -0.15) is 0 Å². The fourth-order valence-electron chi connectivity index (χ4n) is 3.28. The molecule has 0 fully saturated rings. The smallest absolute Gasteiger partial charge is 0.161 e. The van der Waals surface area contributed by atoms with Gasteiger partial charge in [0.2, 0.25) is 0 Å². The molecule has 0 amide bonds. The number of methoxy groups -OCH3 is 3. The fourth-order valence-corrected chi connectivity index (χ4v) is 3.54. The van der Waals surface area contributed by atoms with E-state index in [-0.39, 0.29) is 6.04 Å². The molecule has 0 aliphatic rings. The van der Waals surface area contributed by atoms with E-state index in [0.717, 1.165) is 27.0 Å². The zero-order chi connectivity index (χ0) is 21.5. The second-order valence-corrected chi connectivity index (χ2v) is 7.76. The van der Waals surface area contributed by atoms with Crippen LogP contribution in [0, 0.1) is 0 Å². The standard InChI is InChI=1S/C24H26BrNO4/c1-28-20-11-4-16(5-12-20)22(27)15-21(26-19-9-7-18(25)8-10-19)17-6-13-23(29-2)24(14-17)30-3/h4-14,21-22,26-27H,15H2,1-3H3. The molecule has 3 rings (SSSR count). The number of hydrogen-bond donors (Lipinski definition) is 2. The van der Waals surface area contributed by atoms with E-state index in [1.165, 1.54) is 0 Å². The lowest BCUT2D eigenvalue weighted by molar-refractivity contribution is 0.160. The Hall–Kier alpha value is -2.70. The highest BCUT2D eigenvalue weighted by Gasteiger charge is 2.20. The van der Waals surface area contributed by atoms with Crippen molar-refractivity contribution in [1.29, 1.82) is 0 Å². The molecule has 0 saturated carbocycles. The van der Waals surface area contributed by atoms with Gasteiger partial charge in [0, 0.05) is 16.6 Å². The van der Waals surface area contributed by atoms with Crippen LogP contribution in [0.3, 0.4) is 0 Å². The summed E-state index contributed by atoms with van der Waals surface area (Å²) in [6.07, 6.45) is -0.185. The molecule has 0 aliphatic heterocycles. The van der Waals surface area contributed by atoms with E-state index in [4.69, 9.17) is 14.2 Å². The van der Waals surface area contributed by atoms with E-state index in [9.17, 15) is 5.11 Å². The maximum absolute atomic E-state index is 10.9. The minimum Gasteiger partial charge on any atom is -0.497 e. The second-order valence-electron chi connectivity index (χ2n) is 6.84. The summed E-state index contributed by atoms with van der Waals surface area (Å²) in [7, 11) is 4.86. The predicted octanol–water partition coefficient (Wildman–Crippen LogP) is 5.75. The second kappa shape index (κ2) is 10.4. The van der Waals surface area contributed by atoms with Crippen molar-refractivity contribution in [1.82, 2.24) is 0 Å². The van der Waals surface area contributed by atoms with Crippen molar-refractivity contribution in [3.63, 3.8) is 0 Å². The molecule has 3 aromatic carbocycles. The first kappa shape index (κ1) is 22.0. The summed E-state index contributed by atoms with van der Waals surface area (Å²) in [4.78, 5) is 0. The Morgan fingerprint density at radius 1 is 0.800 bits per heavy atom. The summed E-state index contributed by atoms with van der Waals surface area (Å²) in [5.74, 6) is 2.08. The molecule has 6 heteroatoms. The number of anilines is 1. The summed E-state index contributed by atoms with van der Waals surface area (Å²) in [6, 6.07) is 21.1. The van der Waals surface area contributed by atoms with Crippen LogP contribution in [0.1, 0.15) is 29.7 Å². The highest BCUT2D eigenvalue weighted by molar-refractivity contribution is 9.10. The van der Waals surface area contributed by atoms with E-state index in [1.807, 2.05) is 66.7 Å². The summed E-state index contributed by atoms with van der Waals surface area (Å²) in [5, 5.41) is 14.5. The summed E-state index contributed by atoms with van der Waals surface area (Å²) >= 11 is 3.47. The molecule has 0 heterocycles. The predicted molar refractivity (Wildman–Crippen MR) is 123 cm³/mol. The lowest BCUT2D eigenvalue weighted by atomic mass is 9.96. The molecule has 0 aromatic heterocycles. The average Bonchev–Trinajstić information content (AvgIpc) is 2.79. The van der Waals surface area contributed by atoms with Crippen molar-refractivity contribution in [3.8, 4) is 17.2 Å². The van der Waals surface area contributed by atoms with Crippen molar-refractivity contribution >= 4 is 21.6 Å². The summed E-state index contributed by atoms with van der Waals surface area (Å²) in [6.45, 7) is 0. The van der Waals surface area contributed by atoms with E-state index in [1.54, 1.807) is 21.3 Å². The largest absolute Gasteiger partial charge is 0.497 e. The van der Waals surface area contributed by atoms with E-state index in [2.05, 4.69) is 21.2 Å². The highest BCUT2D eigenvalue weighted by atomic mass is 79.9. The molecule has 158 valence electrons. The number of aliphatic hydroxyl groups is 1. The quantitative estimate of drug-likeness (QED) is 0.415. The van der Waals surface area contributed by atoms with Gasteiger partial charge < -0.3 is 24.6 Å². The van der Waals surface area contributed by atoms with Gasteiger partial charge in [0.1, 0.15) is 5.75 Å². The number of hydrogen-bond acceptors (Lipinski definition) is 5. The first-order valence-electron chi connectivity index (χ1n) is 9.60. The number of aliphatic hydroxyl groups excluding tert-OH is 1. The van der Waals surface area contributed by atoms with Gasteiger partial charge in [0.15, 0.2) is 11.5 Å². The van der Waals surface area contributed by atoms with Gasteiger partial charge in [0.05, 0.1) is 33.5 Å². The van der Waals surface area contributed by atoms with Crippen molar-refractivity contribution in [3.05, 3.63) is 82.3 Å². The van der Waals surface area contributed by atoms with E-state index >= 15 is 0 Å². The average molecular weight is 472 g/mol. The van der Waals surface area contributed by atoms with Crippen LogP contribution in [-0.4, -0.2) is 26.4 Å². The molecule has 0 radical (unpaired) electrons. The highest BCUT2D eigenvalue weighted by Crippen LogP contribution is 2.35. The fraction of sp³-hybridized carbons (Fsp3) is 0.250. The third-order valence-corrected chi connectivity index (χ3v) is 5.48. The van der Waals surface area contributed by atoms with Crippen LogP contribution in [-0.2, 0) is 0 Å². The zero-order valence-corrected chi connectivity index (χ0v) is 18.8. The topological polar surface area (TPSA) is 60.0 Å². The van der Waals surface area contributed by atoms with Crippen molar-refractivity contribution in [2.75, 3.05) is 26.6 Å². The molecule has 2 unspecified atom stereocenters. The summed E-state index contributed by atoms with van der Waals surface area (Å²) < 4.78 is 17.1. The van der Waals surface area contributed by atoms with Gasteiger partial charge in [0.25, 0.3) is 0 Å². The lowest BCUT2D eigenvalue weighted by Crippen LogP contribution is -2.15. The Morgan fingerprint density at radius 2 is 1.43 bits per heavy atom. The lowest BCUT2D eigenvalue weighted by Gasteiger charge is -2.24. The van der Waals surface area contributed by atoms with Crippen molar-refractivity contribution < 1.29 is 19.3 Å². The van der Waals surface area contributed by atoms with Crippen LogP contribution in [0.5, 0.6) is 17.2 Å². The van der Waals surface area contributed by atoms with Crippen LogP contribution in [0.4, 0.5) is 5.69 Å². The normalized spacial score (nSPS) is 12.7. The maximum Gasteiger partial charge on any atom is 0.161 e. The molecular formula is C24H26BrNO4. The molecule has 30 heavy (non-hydrogen) atoms. The third-order valence-electron chi connectivity index (χ3n) is 4.95. The minimum absolute atomic E-state index is 0.150. The Balaban J connectivity index is 1.89. The van der Waals surface area contributed by atoms with E-state index in [0.29, 0.717) is 17.9 Å². The molecule has 2 N–H and O–H groups in total. The van der Waals surface area contributed by atoms with Gasteiger partial charge in [-0.25, -0.2) is 0 Å². The maximum atomic E-state index is 10.9. The van der Waals surface area contributed by atoms with Crippen molar-refractivity contribution in [2.24, 2.45) is 0 Å². The van der Waals surface area contributed by atoms with Crippen LogP contribution in [0.15, 0.2) is 71.2 Å². The minimum atomic E-state index is -0.656. The first-order chi connectivity index (χ1) is 14.5. The Kier molecular flexibility index (Phi) is 7.60. The first-order valence-corrected chi connectivity index (χ1v) is 10.4. The molecule has 5 nitrogen and oxygen atoms in total. The molecule has 2 atom stereocenters. The molecular weight excluding hydrogens is 446 g/mol. The number of ether oxygens (including phenoxy) is 3. The van der Waals surface area contributed by atoms with Gasteiger partial charge in [-0.1, -0.05) is 34.1 Å². The Bertz CT molecular complexity index is 944. The van der Waals surface area contributed by atoms with E-state index < -0.39 is 6.10 Å². The monoisotopic (exact) mass is 471 g/mol. The molecule has 0 saturated heterocycles. The number of rotatable bonds is 9. The molecule has 3 aromatic rings. The van der Waals surface area contributed by atoms with Gasteiger partial charge >= 0.3 is 0 Å². The number of benzene rings is 3. The molecule has 0 aliphatic carbocycles. The van der Waals surface area contributed by atoms with Crippen LogP contribution in [0.25, 0.3) is 0 Å². The SMILES string of the molecule is COc1ccc(C(O)CC(Nc2ccc(Br)cc2)c2ccc(OC)c(OC)c2)cc1. The zero-order valence-electron chi connectivity index (χ0n) is 17.3. The van der Waals surface area contributed by atoms with Crippen molar-refractivity contribution in [2.45, 2.75) is 18.6 Å². The summed E-state index contributed by atoms with van der Waals surface area (Å²) in [5.41, 5.74) is 2.78. The van der Waals surface area contributed by atoms with Crippen LogP contribution < -0.4 is 19.5 Å². The van der Waals surface area contributed by atoms with Crippen LogP contribution >= 0.6 is 15.9 Å². The van der Waals surface area contributed by atoms with Gasteiger partial charge in [-0.3, -0.25) is 0 Å². The molecule has 0 bridgehead atoms. The van der Waals surface area contributed by atoms with Crippen LogP contribution in [0.2, 0.25) is 0 Å². The van der Waals surface area contributed by atoms with Gasteiger partial charge in [-0.15, -0.1) is 0 Å². The number of halogens is 1. The Morgan fingerprint density at radius 3 is 2.03 bits per heavy atom. The third kappa shape index (κ3) is 5.46. The Labute approximate surface area is 185 Å². The molecule has 0 spiro atoms.